The van der Waals surface area contributed by atoms with Gasteiger partial charge in [0, 0.05) is 19.5 Å². The molecule has 0 unspecified atom stereocenters. The number of furan rings is 1. The van der Waals surface area contributed by atoms with Gasteiger partial charge in [0.05, 0.1) is 19.9 Å². The molecule has 0 spiro atoms. The average molecular weight is 384 g/mol. The standard InChI is InChI=1S/C21H25N3O2S/c1-25-19-6-4-17(5-7-19)8-11-22-21(24-15-18-10-14-27-16-18)23-12-9-20-3-2-13-26-20/h2-7,10,13-14,16H,8-9,11-12,15H2,1H3,(H2,22,23,24). The average Bonchev–Trinajstić information content (AvgIpc) is 3.40. The van der Waals surface area contributed by atoms with Crippen LogP contribution in [0.15, 0.2) is 68.9 Å². The predicted molar refractivity (Wildman–Crippen MR) is 111 cm³/mol. The SMILES string of the molecule is COc1ccc(CCNC(=NCc2ccsc2)NCCc2ccco2)cc1. The number of ether oxygens (including phenoxy) is 1. The maximum atomic E-state index is 5.38. The molecule has 0 radical (unpaired) electrons. The first kappa shape index (κ1) is 19.0. The van der Waals surface area contributed by atoms with Crippen LogP contribution in [-0.4, -0.2) is 26.2 Å². The minimum absolute atomic E-state index is 0.669. The third-order valence-electron chi connectivity index (χ3n) is 4.11. The van der Waals surface area contributed by atoms with Crippen LogP contribution in [0.2, 0.25) is 0 Å². The maximum absolute atomic E-state index is 5.38. The Hall–Kier alpha value is -2.73. The number of rotatable bonds is 9. The molecule has 5 nitrogen and oxygen atoms in total. The summed E-state index contributed by atoms with van der Waals surface area (Å²) in [5.74, 6) is 2.67. The molecule has 0 aliphatic carbocycles. The first-order chi connectivity index (χ1) is 13.3. The normalized spacial score (nSPS) is 11.4. The fraction of sp³-hybridized carbons (Fsp3) is 0.286. The Kier molecular flexibility index (Phi) is 7.35. The Balaban J connectivity index is 1.50. The second-order valence-corrected chi connectivity index (χ2v) is 6.86. The molecule has 3 rings (SSSR count). The van der Waals surface area contributed by atoms with E-state index in [4.69, 9.17) is 14.1 Å². The quantitative estimate of drug-likeness (QED) is 0.435. The third-order valence-corrected chi connectivity index (χ3v) is 4.84. The fourth-order valence-corrected chi connectivity index (χ4v) is 3.26. The Morgan fingerprint density at radius 1 is 1.04 bits per heavy atom. The van der Waals surface area contributed by atoms with Gasteiger partial charge in [-0.1, -0.05) is 12.1 Å². The number of aliphatic imine (C=N–C) groups is 1. The molecule has 0 saturated carbocycles. The lowest BCUT2D eigenvalue weighted by atomic mass is 10.1. The molecule has 1 aromatic carbocycles. The molecule has 2 heterocycles. The van der Waals surface area contributed by atoms with E-state index in [-0.39, 0.29) is 0 Å². The zero-order chi connectivity index (χ0) is 18.7. The molecule has 6 heteroatoms. The number of benzene rings is 1. The number of hydrogen-bond acceptors (Lipinski definition) is 4. The van der Waals surface area contributed by atoms with Crippen LogP contribution in [0, 0.1) is 0 Å². The van der Waals surface area contributed by atoms with Crippen molar-refractivity contribution < 1.29 is 9.15 Å². The van der Waals surface area contributed by atoms with E-state index in [0.29, 0.717) is 6.54 Å². The van der Waals surface area contributed by atoms with Crippen molar-refractivity contribution >= 4 is 17.3 Å². The Morgan fingerprint density at radius 2 is 1.85 bits per heavy atom. The third kappa shape index (κ3) is 6.49. The molecule has 0 saturated heterocycles. The molecule has 0 amide bonds. The molecule has 27 heavy (non-hydrogen) atoms. The molecule has 2 aromatic heterocycles. The first-order valence-electron chi connectivity index (χ1n) is 9.02. The molecule has 2 N–H and O–H groups in total. The van der Waals surface area contributed by atoms with Crippen LogP contribution in [0.3, 0.4) is 0 Å². The maximum Gasteiger partial charge on any atom is 0.191 e. The van der Waals surface area contributed by atoms with Crippen molar-refractivity contribution in [2.24, 2.45) is 4.99 Å². The zero-order valence-corrected chi connectivity index (χ0v) is 16.3. The van der Waals surface area contributed by atoms with Crippen LogP contribution in [0.25, 0.3) is 0 Å². The fourth-order valence-electron chi connectivity index (χ4n) is 2.60. The van der Waals surface area contributed by atoms with Gasteiger partial charge in [-0.2, -0.15) is 11.3 Å². The molecule has 142 valence electrons. The van der Waals surface area contributed by atoms with Crippen LogP contribution in [0.4, 0.5) is 0 Å². The number of thiophene rings is 1. The van der Waals surface area contributed by atoms with Crippen molar-refractivity contribution in [1.29, 1.82) is 0 Å². The number of guanidine groups is 1. The van der Waals surface area contributed by atoms with E-state index in [1.54, 1.807) is 24.7 Å². The molecular weight excluding hydrogens is 358 g/mol. The molecule has 0 aliphatic heterocycles. The van der Waals surface area contributed by atoms with E-state index in [1.165, 1.54) is 11.1 Å². The van der Waals surface area contributed by atoms with Gasteiger partial charge in [-0.25, -0.2) is 4.99 Å². The summed E-state index contributed by atoms with van der Waals surface area (Å²) in [5, 5.41) is 11.0. The van der Waals surface area contributed by atoms with Crippen molar-refractivity contribution in [3.8, 4) is 5.75 Å². The molecule has 0 fully saturated rings. The highest BCUT2D eigenvalue weighted by Crippen LogP contribution is 2.11. The highest BCUT2D eigenvalue weighted by molar-refractivity contribution is 7.07. The van der Waals surface area contributed by atoms with Crippen molar-refractivity contribution in [1.82, 2.24) is 10.6 Å². The summed E-state index contributed by atoms with van der Waals surface area (Å²) in [6.07, 6.45) is 3.44. The summed E-state index contributed by atoms with van der Waals surface area (Å²) >= 11 is 1.69. The van der Waals surface area contributed by atoms with Crippen molar-refractivity contribution in [3.63, 3.8) is 0 Å². The van der Waals surface area contributed by atoms with Crippen LogP contribution < -0.4 is 15.4 Å². The lowest BCUT2D eigenvalue weighted by molar-refractivity contribution is 0.414. The van der Waals surface area contributed by atoms with Crippen molar-refractivity contribution in [2.45, 2.75) is 19.4 Å². The van der Waals surface area contributed by atoms with Crippen LogP contribution in [0.1, 0.15) is 16.9 Å². The Bertz CT molecular complexity index is 797. The van der Waals surface area contributed by atoms with Gasteiger partial charge in [0.15, 0.2) is 5.96 Å². The lowest BCUT2D eigenvalue weighted by Gasteiger charge is -2.12. The predicted octanol–water partition coefficient (Wildman–Crippen LogP) is 3.87. The van der Waals surface area contributed by atoms with Gasteiger partial charge in [0.1, 0.15) is 11.5 Å². The molecule has 0 aliphatic rings. The topological polar surface area (TPSA) is 58.8 Å². The van der Waals surface area contributed by atoms with Gasteiger partial charge in [-0.3, -0.25) is 0 Å². The number of nitrogens with one attached hydrogen (secondary N) is 2. The van der Waals surface area contributed by atoms with Gasteiger partial charge in [-0.05, 0) is 58.6 Å². The highest BCUT2D eigenvalue weighted by Gasteiger charge is 2.02. The molecule has 0 bridgehead atoms. The summed E-state index contributed by atoms with van der Waals surface area (Å²) in [6.45, 7) is 2.25. The number of methoxy groups -OCH3 is 1. The Labute approximate surface area is 164 Å². The lowest BCUT2D eigenvalue weighted by Crippen LogP contribution is -2.39. The monoisotopic (exact) mass is 383 g/mol. The Morgan fingerprint density at radius 3 is 2.52 bits per heavy atom. The first-order valence-corrected chi connectivity index (χ1v) is 9.96. The second-order valence-electron chi connectivity index (χ2n) is 6.08. The summed E-state index contributed by atoms with van der Waals surface area (Å²) in [5.41, 5.74) is 2.48. The minimum atomic E-state index is 0.669. The van der Waals surface area contributed by atoms with E-state index < -0.39 is 0 Å². The van der Waals surface area contributed by atoms with Crippen molar-refractivity contribution in [3.05, 3.63) is 76.4 Å². The number of hydrogen-bond donors (Lipinski definition) is 2. The summed E-state index contributed by atoms with van der Waals surface area (Å²) in [6, 6.07) is 14.2. The van der Waals surface area contributed by atoms with E-state index in [9.17, 15) is 0 Å². The highest BCUT2D eigenvalue weighted by atomic mass is 32.1. The van der Waals surface area contributed by atoms with Gasteiger partial charge in [0.25, 0.3) is 0 Å². The van der Waals surface area contributed by atoms with E-state index in [1.807, 2.05) is 24.3 Å². The summed E-state index contributed by atoms with van der Waals surface area (Å²) < 4.78 is 10.6. The largest absolute Gasteiger partial charge is 0.497 e. The van der Waals surface area contributed by atoms with Crippen LogP contribution in [-0.2, 0) is 19.4 Å². The molecular formula is C21H25N3O2S. The van der Waals surface area contributed by atoms with E-state index in [2.05, 4.69) is 39.6 Å². The van der Waals surface area contributed by atoms with Crippen molar-refractivity contribution in [2.75, 3.05) is 20.2 Å². The molecule has 3 aromatic rings. The van der Waals surface area contributed by atoms with E-state index in [0.717, 1.165) is 43.4 Å². The minimum Gasteiger partial charge on any atom is -0.497 e. The summed E-state index contributed by atoms with van der Waals surface area (Å²) in [4.78, 5) is 4.69. The summed E-state index contributed by atoms with van der Waals surface area (Å²) in [7, 11) is 1.68. The van der Waals surface area contributed by atoms with Gasteiger partial charge >= 0.3 is 0 Å². The smallest absolute Gasteiger partial charge is 0.191 e. The zero-order valence-electron chi connectivity index (χ0n) is 15.5. The number of nitrogens with zero attached hydrogens (tertiary/aromatic N) is 1. The van der Waals surface area contributed by atoms with Crippen LogP contribution in [0.5, 0.6) is 5.75 Å². The van der Waals surface area contributed by atoms with Crippen LogP contribution >= 0.6 is 11.3 Å². The van der Waals surface area contributed by atoms with Gasteiger partial charge in [-0.15, -0.1) is 0 Å². The van der Waals surface area contributed by atoms with Gasteiger partial charge < -0.3 is 19.8 Å². The molecule has 0 atom stereocenters. The second kappa shape index (κ2) is 10.4. The van der Waals surface area contributed by atoms with Gasteiger partial charge in [0.2, 0.25) is 0 Å². The van der Waals surface area contributed by atoms with E-state index >= 15 is 0 Å².